The molecule has 2 aliphatic heterocycles. The number of carbonyl (C=O) groups excluding carboxylic acids is 2. The van der Waals surface area contributed by atoms with Crippen molar-refractivity contribution in [2.75, 3.05) is 32.7 Å². The summed E-state index contributed by atoms with van der Waals surface area (Å²) in [7, 11) is 0. The maximum atomic E-state index is 12.8. The molecule has 1 unspecified atom stereocenters. The molecule has 0 aromatic carbocycles. The summed E-state index contributed by atoms with van der Waals surface area (Å²) < 4.78 is 0. The number of hydrogen-bond donors (Lipinski definition) is 5. The summed E-state index contributed by atoms with van der Waals surface area (Å²) >= 11 is 0. The van der Waals surface area contributed by atoms with Gasteiger partial charge in [-0.2, -0.15) is 0 Å². The first-order chi connectivity index (χ1) is 14.4. The second-order valence-corrected chi connectivity index (χ2v) is 9.02. The minimum absolute atomic E-state index is 0.0427. The third-order valence-corrected chi connectivity index (χ3v) is 6.45. The molecule has 5 N–H and O–H groups in total. The molecule has 2 heterocycles. The Morgan fingerprint density at radius 3 is 1.90 bits per heavy atom. The third-order valence-electron chi connectivity index (χ3n) is 6.45. The predicted octanol–water partition coefficient (Wildman–Crippen LogP) is 1.26. The summed E-state index contributed by atoms with van der Waals surface area (Å²) in [4.78, 5) is 35.6. The largest absolute Gasteiger partial charge is 0.481 e. The van der Waals surface area contributed by atoms with Gasteiger partial charge in [-0.3, -0.25) is 14.4 Å². The molecule has 2 aliphatic rings. The van der Waals surface area contributed by atoms with Crippen molar-refractivity contribution in [2.45, 2.75) is 70.8 Å². The molecule has 30 heavy (non-hydrogen) atoms. The molecular weight excluding hydrogens is 384 g/mol. The van der Waals surface area contributed by atoms with E-state index in [-0.39, 0.29) is 30.7 Å². The highest BCUT2D eigenvalue weighted by Gasteiger charge is 2.24. The Labute approximate surface area is 180 Å². The zero-order valence-corrected chi connectivity index (χ0v) is 18.4. The van der Waals surface area contributed by atoms with Crippen molar-refractivity contribution < 1.29 is 19.5 Å². The highest BCUT2D eigenvalue weighted by Crippen LogP contribution is 2.26. The van der Waals surface area contributed by atoms with Crippen molar-refractivity contribution in [2.24, 2.45) is 17.8 Å². The van der Waals surface area contributed by atoms with Crippen molar-refractivity contribution in [3.63, 3.8) is 0 Å². The minimum atomic E-state index is -0.956. The van der Waals surface area contributed by atoms with Crippen LogP contribution >= 0.6 is 0 Å². The molecule has 0 aliphatic carbocycles. The van der Waals surface area contributed by atoms with Crippen LogP contribution in [0.1, 0.15) is 64.7 Å². The van der Waals surface area contributed by atoms with Crippen LogP contribution in [0.2, 0.25) is 0 Å². The molecule has 2 amide bonds. The second-order valence-electron chi connectivity index (χ2n) is 9.02. The molecule has 0 spiro atoms. The predicted molar refractivity (Wildman–Crippen MR) is 116 cm³/mol. The fraction of sp³-hybridized carbons (Fsp3) is 0.864. The Morgan fingerprint density at radius 1 is 0.933 bits per heavy atom. The third kappa shape index (κ3) is 9.89. The van der Waals surface area contributed by atoms with E-state index in [1.165, 1.54) is 25.7 Å². The quantitative estimate of drug-likeness (QED) is 0.322. The fourth-order valence-corrected chi connectivity index (χ4v) is 4.57. The van der Waals surface area contributed by atoms with Crippen molar-refractivity contribution in [1.29, 1.82) is 0 Å². The first kappa shape index (κ1) is 24.6. The number of piperidine rings is 2. The Bertz CT molecular complexity index is 523. The number of amides is 2. The zero-order chi connectivity index (χ0) is 21.8. The SMILES string of the molecule is CC(CC(=O)O)NC(=O)CNC(=O)C(CCC1CCNCC1)CCC1CCNCC1. The number of hydrogen-bond acceptors (Lipinski definition) is 5. The molecular formula is C22H40N4O4. The first-order valence-corrected chi connectivity index (χ1v) is 11.6. The van der Waals surface area contributed by atoms with Crippen LogP contribution in [-0.4, -0.2) is 61.7 Å². The van der Waals surface area contributed by atoms with Crippen LogP contribution in [0.4, 0.5) is 0 Å². The summed E-state index contributed by atoms with van der Waals surface area (Å²) in [6.07, 6.45) is 8.44. The monoisotopic (exact) mass is 424 g/mol. The Hall–Kier alpha value is -1.67. The molecule has 2 rings (SSSR count). The van der Waals surface area contributed by atoms with E-state index in [9.17, 15) is 14.4 Å². The Kier molecular flexibility index (Phi) is 11.1. The molecule has 2 saturated heterocycles. The average molecular weight is 425 g/mol. The lowest BCUT2D eigenvalue weighted by molar-refractivity contribution is -0.137. The fourth-order valence-electron chi connectivity index (χ4n) is 4.57. The Morgan fingerprint density at radius 2 is 1.43 bits per heavy atom. The van der Waals surface area contributed by atoms with Gasteiger partial charge in [0.25, 0.3) is 0 Å². The van der Waals surface area contributed by atoms with E-state index in [1.54, 1.807) is 6.92 Å². The number of carboxylic acids is 1. The van der Waals surface area contributed by atoms with Gasteiger partial charge in [-0.05, 0) is 96.3 Å². The van der Waals surface area contributed by atoms with Gasteiger partial charge in [0.2, 0.25) is 11.8 Å². The van der Waals surface area contributed by atoms with Gasteiger partial charge in [-0.1, -0.05) is 0 Å². The normalized spacial score (nSPS) is 19.4. The molecule has 1 atom stereocenters. The highest BCUT2D eigenvalue weighted by molar-refractivity contribution is 5.86. The summed E-state index contributed by atoms with van der Waals surface area (Å²) in [5.41, 5.74) is 0. The molecule has 8 heteroatoms. The lowest BCUT2D eigenvalue weighted by atomic mass is 9.84. The van der Waals surface area contributed by atoms with Crippen molar-refractivity contribution in [1.82, 2.24) is 21.3 Å². The second kappa shape index (κ2) is 13.6. The summed E-state index contributed by atoms with van der Waals surface area (Å²) in [6.45, 7) is 5.79. The molecule has 8 nitrogen and oxygen atoms in total. The van der Waals surface area contributed by atoms with Gasteiger partial charge in [-0.25, -0.2) is 0 Å². The smallest absolute Gasteiger partial charge is 0.305 e. The van der Waals surface area contributed by atoms with Crippen LogP contribution in [0.3, 0.4) is 0 Å². The van der Waals surface area contributed by atoms with E-state index in [4.69, 9.17) is 5.11 Å². The van der Waals surface area contributed by atoms with Crippen molar-refractivity contribution >= 4 is 17.8 Å². The van der Waals surface area contributed by atoms with Gasteiger partial charge in [0, 0.05) is 12.0 Å². The number of rotatable bonds is 12. The molecule has 2 fully saturated rings. The number of carboxylic acid groups (broad SMARTS) is 1. The maximum Gasteiger partial charge on any atom is 0.305 e. The maximum absolute atomic E-state index is 12.8. The number of carbonyl (C=O) groups is 3. The van der Waals surface area contributed by atoms with E-state index >= 15 is 0 Å². The van der Waals surface area contributed by atoms with E-state index < -0.39 is 12.0 Å². The van der Waals surface area contributed by atoms with Gasteiger partial charge in [0.15, 0.2) is 0 Å². The van der Waals surface area contributed by atoms with E-state index in [0.717, 1.165) is 51.9 Å². The van der Waals surface area contributed by atoms with E-state index in [2.05, 4.69) is 21.3 Å². The van der Waals surface area contributed by atoms with Crippen LogP contribution < -0.4 is 21.3 Å². The summed E-state index contributed by atoms with van der Waals surface area (Å²) in [6, 6.07) is -0.456. The average Bonchev–Trinajstić information content (AvgIpc) is 2.73. The van der Waals surface area contributed by atoms with Gasteiger partial charge < -0.3 is 26.4 Å². The zero-order valence-electron chi connectivity index (χ0n) is 18.4. The van der Waals surface area contributed by atoms with Gasteiger partial charge in [0.1, 0.15) is 0 Å². The molecule has 0 aromatic heterocycles. The molecule has 0 radical (unpaired) electrons. The number of aliphatic carboxylic acids is 1. The van der Waals surface area contributed by atoms with Crippen LogP contribution in [0, 0.1) is 17.8 Å². The topological polar surface area (TPSA) is 120 Å². The van der Waals surface area contributed by atoms with Crippen LogP contribution in [0.5, 0.6) is 0 Å². The number of nitrogens with one attached hydrogen (secondary N) is 4. The lowest BCUT2D eigenvalue weighted by Crippen LogP contribution is -2.43. The Balaban J connectivity index is 1.79. The standard InChI is InChI=1S/C22H40N4O4/c1-16(14-21(28)29)26-20(27)15-25-22(30)19(4-2-17-6-10-23-11-7-17)5-3-18-8-12-24-13-9-18/h16-19,23-24H,2-15H2,1H3,(H,25,30)(H,26,27)(H,28,29). The van der Waals surface area contributed by atoms with Gasteiger partial charge in [0.05, 0.1) is 13.0 Å². The first-order valence-electron chi connectivity index (χ1n) is 11.6. The molecule has 0 saturated carbocycles. The van der Waals surface area contributed by atoms with E-state index in [1.807, 2.05) is 0 Å². The molecule has 172 valence electrons. The van der Waals surface area contributed by atoms with Crippen LogP contribution in [0.15, 0.2) is 0 Å². The highest BCUT2D eigenvalue weighted by atomic mass is 16.4. The lowest BCUT2D eigenvalue weighted by Gasteiger charge is -2.27. The minimum Gasteiger partial charge on any atom is -0.481 e. The van der Waals surface area contributed by atoms with Crippen molar-refractivity contribution in [3.8, 4) is 0 Å². The van der Waals surface area contributed by atoms with Gasteiger partial charge >= 0.3 is 5.97 Å². The summed E-state index contributed by atoms with van der Waals surface area (Å²) in [5.74, 6) is -0.0330. The van der Waals surface area contributed by atoms with Crippen LogP contribution in [-0.2, 0) is 14.4 Å². The molecule has 0 bridgehead atoms. The summed E-state index contributed by atoms with van der Waals surface area (Å²) in [5, 5.41) is 21.0. The van der Waals surface area contributed by atoms with Crippen LogP contribution in [0.25, 0.3) is 0 Å². The molecule has 0 aromatic rings. The van der Waals surface area contributed by atoms with E-state index in [0.29, 0.717) is 11.8 Å². The van der Waals surface area contributed by atoms with Crippen molar-refractivity contribution in [3.05, 3.63) is 0 Å². The van der Waals surface area contributed by atoms with Gasteiger partial charge in [-0.15, -0.1) is 0 Å².